The molecule has 3 aromatic rings. The molecule has 1 fully saturated rings. The van der Waals surface area contributed by atoms with Crippen molar-refractivity contribution in [3.05, 3.63) is 98.1 Å². The highest BCUT2D eigenvalue weighted by Crippen LogP contribution is 2.40. The monoisotopic (exact) mass is 648 g/mol. The van der Waals surface area contributed by atoms with Crippen molar-refractivity contribution >= 4 is 40.7 Å². The number of nitrogens with zero attached hydrogens (tertiary/aromatic N) is 2. The number of piperidine rings is 1. The topological polar surface area (TPSA) is 51.1 Å². The number of carbonyl (C=O) groups excluding carboxylic acids is 1. The first kappa shape index (κ1) is 28.6. The average molecular weight is 649 g/mol. The maximum Gasteiger partial charge on any atom is 0.166 e. The first-order valence-corrected chi connectivity index (χ1v) is 15.1. The van der Waals surface area contributed by atoms with Crippen LogP contribution >= 0.6 is 22.6 Å². The van der Waals surface area contributed by atoms with Crippen LogP contribution < -0.4 is 9.47 Å². The Morgan fingerprint density at radius 1 is 1.02 bits per heavy atom. The molecule has 1 heterocycles. The van der Waals surface area contributed by atoms with E-state index in [1.165, 1.54) is 5.56 Å². The molecule has 5 rings (SSSR count). The van der Waals surface area contributed by atoms with E-state index in [1.54, 1.807) is 20.4 Å². The summed E-state index contributed by atoms with van der Waals surface area (Å²) in [4.78, 5) is 19.9. The first-order chi connectivity index (χ1) is 19.5. The molecule has 0 spiro atoms. The van der Waals surface area contributed by atoms with Crippen LogP contribution in [0.3, 0.4) is 0 Å². The van der Waals surface area contributed by atoms with Gasteiger partial charge in [-0.15, -0.1) is 0 Å². The molecule has 1 unspecified atom stereocenters. The molecule has 2 aliphatic rings. The standard InChI is InChI=1S/C34H37IN2O3/c1-36-14-6-9-27-11-10-26(18-31(27)35)23-40-33-20-28-19-29(34(38)30(28)21-32(33)39-2)17-24-12-15-37(16-13-24)22-25-7-4-3-5-8-25/h3-11,14,18,20-21,24,29H,12-13,15-17,19,22-23H2,1-2H3/b9-6-,36-14?. The summed E-state index contributed by atoms with van der Waals surface area (Å²) < 4.78 is 13.0. The van der Waals surface area contributed by atoms with E-state index in [9.17, 15) is 4.79 Å². The fourth-order valence-corrected chi connectivity index (χ4v) is 6.61. The van der Waals surface area contributed by atoms with E-state index in [1.807, 2.05) is 24.3 Å². The van der Waals surface area contributed by atoms with Crippen molar-refractivity contribution in [3.63, 3.8) is 0 Å². The second-order valence-corrected chi connectivity index (χ2v) is 11.9. The lowest BCUT2D eigenvalue weighted by molar-refractivity contribution is 0.0895. The zero-order valence-corrected chi connectivity index (χ0v) is 25.5. The number of fused-ring (bicyclic) bond motifs is 1. The molecule has 1 atom stereocenters. The molecule has 3 aromatic carbocycles. The normalized spacial score (nSPS) is 18.1. The van der Waals surface area contributed by atoms with Gasteiger partial charge in [0.15, 0.2) is 17.3 Å². The summed E-state index contributed by atoms with van der Waals surface area (Å²) in [5, 5.41) is 0. The molecular formula is C34H37IN2O3. The van der Waals surface area contributed by atoms with E-state index >= 15 is 0 Å². The minimum atomic E-state index is 0.0561. The van der Waals surface area contributed by atoms with E-state index in [0.717, 1.165) is 71.1 Å². The van der Waals surface area contributed by atoms with Crippen LogP contribution in [0.25, 0.3) is 6.08 Å². The number of ketones is 1. The van der Waals surface area contributed by atoms with Crippen LogP contribution in [0.5, 0.6) is 11.5 Å². The lowest BCUT2D eigenvalue weighted by Gasteiger charge is -2.32. The molecule has 40 heavy (non-hydrogen) atoms. The third kappa shape index (κ3) is 7.02. The molecule has 0 N–H and O–H groups in total. The summed E-state index contributed by atoms with van der Waals surface area (Å²) in [6.45, 7) is 3.65. The molecule has 0 aromatic heterocycles. The van der Waals surface area contributed by atoms with Gasteiger partial charge >= 0.3 is 0 Å². The number of rotatable bonds is 10. The van der Waals surface area contributed by atoms with Gasteiger partial charge in [0.1, 0.15) is 6.61 Å². The highest BCUT2D eigenvalue weighted by Gasteiger charge is 2.34. The van der Waals surface area contributed by atoms with Crippen molar-refractivity contribution in [2.24, 2.45) is 16.8 Å². The van der Waals surface area contributed by atoms with Gasteiger partial charge in [0.2, 0.25) is 0 Å². The van der Waals surface area contributed by atoms with Gasteiger partial charge in [-0.2, -0.15) is 0 Å². The minimum Gasteiger partial charge on any atom is -0.493 e. The maximum atomic E-state index is 13.4. The molecule has 0 bridgehead atoms. The zero-order chi connectivity index (χ0) is 27.9. The fourth-order valence-electron chi connectivity index (χ4n) is 5.85. The van der Waals surface area contributed by atoms with E-state index < -0.39 is 0 Å². The lowest BCUT2D eigenvalue weighted by Crippen LogP contribution is -2.34. The van der Waals surface area contributed by atoms with Crippen LogP contribution in [0, 0.1) is 15.4 Å². The largest absolute Gasteiger partial charge is 0.493 e. The van der Waals surface area contributed by atoms with Crippen molar-refractivity contribution in [3.8, 4) is 11.5 Å². The number of ether oxygens (including phenoxy) is 2. The highest BCUT2D eigenvalue weighted by atomic mass is 127. The maximum absolute atomic E-state index is 13.4. The fraction of sp³-hybridized carbons (Fsp3) is 0.353. The van der Waals surface area contributed by atoms with Gasteiger partial charge in [-0.25, -0.2) is 0 Å². The average Bonchev–Trinajstić information content (AvgIpc) is 3.27. The van der Waals surface area contributed by atoms with Crippen LogP contribution in [0.15, 0.2) is 71.7 Å². The first-order valence-electron chi connectivity index (χ1n) is 14.1. The molecule has 1 aliphatic heterocycles. The predicted octanol–water partition coefficient (Wildman–Crippen LogP) is 7.25. The van der Waals surface area contributed by atoms with Crippen LogP contribution in [0.4, 0.5) is 0 Å². The summed E-state index contributed by atoms with van der Waals surface area (Å²) >= 11 is 2.35. The second-order valence-electron chi connectivity index (χ2n) is 10.8. The van der Waals surface area contributed by atoms with Gasteiger partial charge in [-0.1, -0.05) is 48.5 Å². The summed E-state index contributed by atoms with van der Waals surface area (Å²) in [6.07, 6.45) is 9.83. The number of aliphatic imine (C=N–C) groups is 1. The van der Waals surface area contributed by atoms with Crippen LogP contribution in [-0.4, -0.2) is 44.1 Å². The second kappa shape index (κ2) is 13.6. The summed E-state index contributed by atoms with van der Waals surface area (Å²) in [5.74, 6) is 2.23. The SMILES string of the molecule is CN=C/C=C\c1ccc(COc2cc3c(cc2OC)C(=O)C(CC2CCN(Cc4ccccc4)CC2)C3)cc1I. The van der Waals surface area contributed by atoms with Gasteiger partial charge in [0.05, 0.1) is 7.11 Å². The van der Waals surface area contributed by atoms with Crippen molar-refractivity contribution in [1.29, 1.82) is 0 Å². The summed E-state index contributed by atoms with van der Waals surface area (Å²) in [6, 6.07) is 20.9. The Morgan fingerprint density at radius 2 is 1.82 bits per heavy atom. The lowest BCUT2D eigenvalue weighted by atomic mass is 9.85. The van der Waals surface area contributed by atoms with E-state index in [0.29, 0.717) is 24.0 Å². The zero-order valence-electron chi connectivity index (χ0n) is 23.3. The molecule has 6 heteroatoms. The molecule has 0 amide bonds. The number of Topliss-reactive ketones (excluding diaryl/α,β-unsaturated/α-hetero) is 1. The molecule has 0 radical (unpaired) electrons. The Kier molecular flexibility index (Phi) is 9.70. The number of carbonyl (C=O) groups is 1. The number of halogens is 1. The Labute approximate surface area is 251 Å². The number of methoxy groups -OCH3 is 1. The van der Waals surface area contributed by atoms with Crippen molar-refractivity contribution in [1.82, 2.24) is 4.90 Å². The van der Waals surface area contributed by atoms with Gasteiger partial charge in [0, 0.05) is 34.9 Å². The number of allylic oxidation sites excluding steroid dienone is 1. The van der Waals surface area contributed by atoms with Crippen molar-refractivity contribution < 1.29 is 14.3 Å². The van der Waals surface area contributed by atoms with Gasteiger partial charge in [0.25, 0.3) is 0 Å². The molecule has 5 nitrogen and oxygen atoms in total. The predicted molar refractivity (Wildman–Crippen MR) is 171 cm³/mol. The smallest absolute Gasteiger partial charge is 0.166 e. The van der Waals surface area contributed by atoms with Gasteiger partial charge in [-0.05, 0) is 114 Å². The van der Waals surface area contributed by atoms with E-state index in [4.69, 9.17) is 9.47 Å². The van der Waals surface area contributed by atoms with Crippen LogP contribution in [0.1, 0.15) is 51.9 Å². The minimum absolute atomic E-state index is 0.0561. The third-order valence-corrected chi connectivity index (χ3v) is 8.97. The summed E-state index contributed by atoms with van der Waals surface area (Å²) in [5.41, 5.74) is 5.49. The van der Waals surface area contributed by atoms with Gasteiger partial charge in [-0.3, -0.25) is 14.7 Å². The number of benzene rings is 3. The Hall–Kier alpha value is -2.97. The number of hydrogen-bond acceptors (Lipinski definition) is 5. The Morgan fingerprint density at radius 3 is 2.55 bits per heavy atom. The molecule has 208 valence electrons. The van der Waals surface area contributed by atoms with Gasteiger partial charge < -0.3 is 9.47 Å². The molecule has 0 saturated carbocycles. The van der Waals surface area contributed by atoms with E-state index in [-0.39, 0.29) is 11.7 Å². The molecular weight excluding hydrogens is 611 g/mol. The van der Waals surface area contributed by atoms with Crippen LogP contribution in [0.2, 0.25) is 0 Å². The van der Waals surface area contributed by atoms with Crippen LogP contribution in [-0.2, 0) is 19.6 Å². The van der Waals surface area contributed by atoms with E-state index in [2.05, 4.69) is 81.0 Å². The Balaban J connectivity index is 1.18. The number of likely N-dealkylation sites (tertiary alicyclic amines) is 1. The Bertz CT molecular complexity index is 1380. The molecule has 1 saturated heterocycles. The third-order valence-electron chi connectivity index (χ3n) is 8.04. The number of hydrogen-bond donors (Lipinski definition) is 0. The highest BCUT2D eigenvalue weighted by molar-refractivity contribution is 14.1. The quantitative estimate of drug-likeness (QED) is 0.172. The molecule has 1 aliphatic carbocycles. The summed E-state index contributed by atoms with van der Waals surface area (Å²) in [7, 11) is 3.40. The van der Waals surface area contributed by atoms with Crippen molar-refractivity contribution in [2.75, 3.05) is 27.2 Å². The van der Waals surface area contributed by atoms with Crippen molar-refractivity contribution in [2.45, 2.75) is 38.8 Å².